The Labute approximate surface area is 154 Å². The van der Waals surface area contributed by atoms with Crippen LogP contribution >= 0.6 is 0 Å². The summed E-state index contributed by atoms with van der Waals surface area (Å²) in [6.45, 7) is 8.13. The van der Waals surface area contributed by atoms with Crippen LogP contribution in [0.1, 0.15) is 52.5 Å². The second kappa shape index (κ2) is 8.61. The van der Waals surface area contributed by atoms with Crippen molar-refractivity contribution in [2.45, 2.75) is 52.4 Å². The predicted octanol–water partition coefficient (Wildman–Crippen LogP) is 6.20. The van der Waals surface area contributed by atoms with Crippen LogP contribution in [0.4, 0.5) is 11.4 Å². The molecule has 138 valence electrons. The second-order valence-corrected chi connectivity index (χ2v) is 7.22. The van der Waals surface area contributed by atoms with Gasteiger partial charge >= 0.3 is 5.97 Å². The number of benzene rings is 2. The number of carbonyl (C=O) groups is 1. The minimum atomic E-state index is -0.222. The molecule has 2 rings (SSSR count). The van der Waals surface area contributed by atoms with Crippen molar-refractivity contribution >= 4 is 17.3 Å². The van der Waals surface area contributed by atoms with Crippen LogP contribution in [0.2, 0.25) is 0 Å². The molecule has 0 spiro atoms. The zero-order valence-corrected chi connectivity index (χ0v) is 15.8. The quantitative estimate of drug-likeness (QED) is 0.381. The Morgan fingerprint density at radius 3 is 2.27 bits per heavy atom. The van der Waals surface area contributed by atoms with Crippen LogP contribution in [0.5, 0.6) is 11.5 Å². The minimum absolute atomic E-state index is 0.182. The Kier molecular flexibility index (Phi) is 6.50. The maximum atomic E-state index is 11.6. The van der Waals surface area contributed by atoms with Crippen LogP contribution in [0.3, 0.4) is 0 Å². The van der Waals surface area contributed by atoms with Crippen LogP contribution in [0.15, 0.2) is 52.7 Å². The number of azo groups is 1. The second-order valence-electron chi connectivity index (χ2n) is 7.22. The van der Waals surface area contributed by atoms with E-state index in [2.05, 4.69) is 10.2 Å². The van der Waals surface area contributed by atoms with E-state index in [1.807, 2.05) is 33.8 Å². The van der Waals surface area contributed by atoms with Crippen LogP contribution in [0.25, 0.3) is 0 Å². The molecule has 2 aromatic carbocycles. The van der Waals surface area contributed by atoms with Gasteiger partial charge < -0.3 is 9.84 Å². The number of rotatable bonds is 6. The molecule has 1 N–H and O–H groups in total. The summed E-state index contributed by atoms with van der Waals surface area (Å²) < 4.78 is 5.26. The first-order valence-corrected chi connectivity index (χ1v) is 8.85. The molecule has 0 aliphatic carbocycles. The summed E-state index contributed by atoms with van der Waals surface area (Å²) in [5.41, 5.74) is 1.97. The number of hydrogen-bond donors (Lipinski definition) is 1. The lowest BCUT2D eigenvalue weighted by Crippen LogP contribution is -2.10. The van der Waals surface area contributed by atoms with Crippen molar-refractivity contribution in [3.63, 3.8) is 0 Å². The highest BCUT2D eigenvalue weighted by Crippen LogP contribution is 2.34. The van der Waals surface area contributed by atoms with Gasteiger partial charge in [-0.1, -0.05) is 34.1 Å². The third-order valence-corrected chi connectivity index (χ3v) is 3.87. The molecule has 0 saturated heterocycles. The normalized spacial score (nSPS) is 11.7. The maximum absolute atomic E-state index is 11.6. The highest BCUT2D eigenvalue weighted by molar-refractivity contribution is 5.72. The van der Waals surface area contributed by atoms with Crippen molar-refractivity contribution in [3.05, 3.63) is 48.0 Å². The number of hydrogen-bond acceptors (Lipinski definition) is 5. The van der Waals surface area contributed by atoms with Crippen molar-refractivity contribution in [3.8, 4) is 11.5 Å². The Morgan fingerprint density at radius 1 is 1.04 bits per heavy atom. The summed E-state index contributed by atoms with van der Waals surface area (Å²) in [6, 6.07) is 12.1. The Balaban J connectivity index is 2.06. The molecule has 0 radical (unpaired) electrons. The SMILES string of the molecule is CCCCC(=O)Oc1ccc(N=Nc2ccc(O)c(C(C)(C)C)c2)cc1. The van der Waals surface area contributed by atoms with Crippen molar-refractivity contribution < 1.29 is 14.6 Å². The fourth-order valence-electron chi connectivity index (χ4n) is 2.39. The molecule has 0 atom stereocenters. The fraction of sp³-hybridized carbons (Fsp3) is 0.381. The monoisotopic (exact) mass is 354 g/mol. The molecule has 0 saturated carbocycles. The lowest BCUT2D eigenvalue weighted by molar-refractivity contribution is -0.134. The van der Waals surface area contributed by atoms with E-state index in [4.69, 9.17) is 4.74 Å². The summed E-state index contributed by atoms with van der Waals surface area (Å²) in [4.78, 5) is 11.6. The number of esters is 1. The van der Waals surface area contributed by atoms with E-state index < -0.39 is 0 Å². The lowest BCUT2D eigenvalue weighted by atomic mass is 9.86. The average Bonchev–Trinajstić information content (AvgIpc) is 2.59. The molecule has 5 heteroatoms. The van der Waals surface area contributed by atoms with Crippen LogP contribution in [0, 0.1) is 0 Å². The maximum Gasteiger partial charge on any atom is 0.311 e. The molecule has 26 heavy (non-hydrogen) atoms. The Bertz CT molecular complexity index is 775. The van der Waals surface area contributed by atoms with E-state index in [9.17, 15) is 9.90 Å². The van der Waals surface area contributed by atoms with Crippen molar-refractivity contribution in [2.75, 3.05) is 0 Å². The first-order chi connectivity index (χ1) is 12.3. The lowest BCUT2D eigenvalue weighted by Gasteiger charge is -2.20. The van der Waals surface area contributed by atoms with Gasteiger partial charge in [0.2, 0.25) is 0 Å². The first kappa shape index (κ1) is 19.6. The van der Waals surface area contributed by atoms with Crippen LogP contribution < -0.4 is 4.74 Å². The zero-order chi connectivity index (χ0) is 19.2. The third kappa shape index (κ3) is 5.69. The summed E-state index contributed by atoms with van der Waals surface area (Å²) in [5, 5.41) is 18.4. The molecular weight excluding hydrogens is 328 g/mol. The molecule has 0 fully saturated rings. The number of unbranched alkanes of at least 4 members (excludes halogenated alkanes) is 1. The van der Waals surface area contributed by atoms with E-state index >= 15 is 0 Å². The summed E-state index contributed by atoms with van der Waals surface area (Å²) >= 11 is 0. The predicted molar refractivity (Wildman–Crippen MR) is 103 cm³/mol. The van der Waals surface area contributed by atoms with E-state index in [1.54, 1.807) is 36.4 Å². The van der Waals surface area contributed by atoms with Gasteiger partial charge in [-0.05, 0) is 54.3 Å². The van der Waals surface area contributed by atoms with Gasteiger partial charge in [-0.2, -0.15) is 10.2 Å². The highest BCUT2D eigenvalue weighted by Gasteiger charge is 2.18. The molecule has 5 nitrogen and oxygen atoms in total. The Hall–Kier alpha value is -2.69. The molecule has 0 aliphatic heterocycles. The fourth-order valence-corrected chi connectivity index (χ4v) is 2.39. The number of nitrogens with zero attached hydrogens (tertiary/aromatic N) is 2. The molecule has 0 amide bonds. The van der Waals surface area contributed by atoms with E-state index in [0.717, 1.165) is 18.4 Å². The summed E-state index contributed by atoms with van der Waals surface area (Å²) in [6.07, 6.45) is 2.21. The smallest absolute Gasteiger partial charge is 0.311 e. The minimum Gasteiger partial charge on any atom is -0.508 e. The van der Waals surface area contributed by atoms with Crippen LogP contribution in [-0.4, -0.2) is 11.1 Å². The molecule has 0 unspecified atom stereocenters. The van der Waals surface area contributed by atoms with Gasteiger partial charge in [0.1, 0.15) is 11.5 Å². The number of phenolic OH excluding ortho intramolecular Hbond substituents is 1. The van der Waals surface area contributed by atoms with E-state index in [0.29, 0.717) is 23.5 Å². The van der Waals surface area contributed by atoms with Crippen molar-refractivity contribution in [1.82, 2.24) is 0 Å². The standard InChI is InChI=1S/C21H26N2O3/c1-5-6-7-20(25)26-17-11-8-15(9-12-17)22-23-16-10-13-19(24)18(14-16)21(2,3)4/h8-14,24H,5-7H2,1-4H3. The van der Waals surface area contributed by atoms with E-state index in [-0.39, 0.29) is 17.1 Å². The van der Waals surface area contributed by atoms with Crippen molar-refractivity contribution in [2.24, 2.45) is 10.2 Å². The average molecular weight is 354 g/mol. The van der Waals surface area contributed by atoms with Gasteiger partial charge in [0.25, 0.3) is 0 Å². The molecule has 0 aromatic heterocycles. The number of aromatic hydroxyl groups is 1. The number of carbonyl (C=O) groups excluding carboxylic acids is 1. The topological polar surface area (TPSA) is 71.2 Å². The molecule has 0 bridgehead atoms. The van der Waals surface area contributed by atoms with Gasteiger partial charge in [-0.25, -0.2) is 0 Å². The van der Waals surface area contributed by atoms with Crippen LogP contribution in [-0.2, 0) is 10.2 Å². The summed E-state index contributed by atoms with van der Waals surface area (Å²) in [7, 11) is 0. The molecular formula is C21H26N2O3. The number of ether oxygens (including phenoxy) is 1. The van der Waals surface area contributed by atoms with Gasteiger partial charge in [0, 0.05) is 12.0 Å². The first-order valence-electron chi connectivity index (χ1n) is 8.85. The van der Waals surface area contributed by atoms with Gasteiger partial charge in [0.05, 0.1) is 11.4 Å². The molecule has 0 heterocycles. The van der Waals surface area contributed by atoms with E-state index in [1.165, 1.54) is 0 Å². The Morgan fingerprint density at radius 2 is 1.65 bits per heavy atom. The van der Waals surface area contributed by atoms with Gasteiger partial charge in [-0.3, -0.25) is 4.79 Å². The van der Waals surface area contributed by atoms with Gasteiger partial charge in [-0.15, -0.1) is 0 Å². The number of phenols is 1. The highest BCUT2D eigenvalue weighted by atomic mass is 16.5. The molecule has 2 aromatic rings. The zero-order valence-electron chi connectivity index (χ0n) is 15.8. The summed E-state index contributed by atoms with van der Waals surface area (Å²) in [5.74, 6) is 0.537. The third-order valence-electron chi connectivity index (χ3n) is 3.87. The molecule has 0 aliphatic rings. The van der Waals surface area contributed by atoms with Crippen molar-refractivity contribution in [1.29, 1.82) is 0 Å². The van der Waals surface area contributed by atoms with Gasteiger partial charge in [0.15, 0.2) is 0 Å². The largest absolute Gasteiger partial charge is 0.508 e.